The Hall–Kier alpha value is -3.17. The summed E-state index contributed by atoms with van der Waals surface area (Å²) in [6.07, 6.45) is 3.46. The molecule has 6 nitrogen and oxygen atoms in total. The molecule has 0 aliphatic rings. The number of carbonyl (C=O) groups excluding carboxylic acids is 1. The summed E-state index contributed by atoms with van der Waals surface area (Å²) < 4.78 is 35.1. The van der Waals surface area contributed by atoms with Crippen LogP contribution in [0.2, 0.25) is 0 Å². The molecule has 0 bridgehead atoms. The number of hydrogen-bond acceptors (Lipinski definition) is 6. The van der Waals surface area contributed by atoms with Crippen LogP contribution in [0.1, 0.15) is 44.0 Å². The lowest BCUT2D eigenvalue weighted by atomic mass is 10.00. The first kappa shape index (κ1) is 22.0. The van der Waals surface area contributed by atoms with Gasteiger partial charge in [0.15, 0.2) is 17.2 Å². The second-order valence-corrected chi connectivity index (χ2v) is 8.66. The first-order valence-corrected chi connectivity index (χ1v) is 10.8. The Bertz CT molecular complexity index is 1260. The van der Waals surface area contributed by atoms with Crippen molar-refractivity contribution in [3.05, 3.63) is 81.2 Å². The Morgan fingerprint density at radius 3 is 2.62 bits per heavy atom. The fourth-order valence-electron chi connectivity index (χ4n) is 3.57. The van der Waals surface area contributed by atoms with Crippen molar-refractivity contribution in [1.82, 2.24) is 14.4 Å². The molecule has 166 valence electrons. The molecule has 0 aliphatic heterocycles. The Morgan fingerprint density at radius 1 is 1.22 bits per heavy atom. The fourth-order valence-corrected chi connectivity index (χ4v) is 4.44. The van der Waals surface area contributed by atoms with Crippen LogP contribution in [0.3, 0.4) is 0 Å². The molecule has 32 heavy (non-hydrogen) atoms. The number of pyridine rings is 1. The van der Waals surface area contributed by atoms with E-state index in [0.717, 1.165) is 9.88 Å². The van der Waals surface area contributed by atoms with Gasteiger partial charge in [-0.2, -0.15) is 0 Å². The molecular formula is C23H21F2N3O3S. The van der Waals surface area contributed by atoms with Crippen LogP contribution in [0.4, 0.5) is 8.78 Å². The second kappa shape index (κ2) is 9.13. The van der Waals surface area contributed by atoms with Crippen LogP contribution < -0.4 is 4.74 Å². The summed E-state index contributed by atoms with van der Waals surface area (Å²) in [5, 5.41) is 10.7. The van der Waals surface area contributed by atoms with Crippen LogP contribution in [-0.2, 0) is 6.61 Å². The van der Waals surface area contributed by atoms with E-state index in [1.165, 1.54) is 29.5 Å². The van der Waals surface area contributed by atoms with Gasteiger partial charge in [-0.1, -0.05) is 6.07 Å². The molecule has 3 aromatic heterocycles. The number of hydrogen-bond donors (Lipinski definition) is 1. The monoisotopic (exact) mass is 457 g/mol. The van der Waals surface area contributed by atoms with Gasteiger partial charge < -0.3 is 9.84 Å². The number of imidazole rings is 1. The molecule has 0 saturated carbocycles. The van der Waals surface area contributed by atoms with Crippen molar-refractivity contribution in [2.75, 3.05) is 6.61 Å². The van der Waals surface area contributed by atoms with Crippen LogP contribution in [0.5, 0.6) is 5.75 Å². The van der Waals surface area contributed by atoms with Gasteiger partial charge >= 0.3 is 0 Å². The van der Waals surface area contributed by atoms with E-state index in [1.54, 1.807) is 35.9 Å². The lowest BCUT2D eigenvalue weighted by Gasteiger charge is -2.12. The number of ether oxygens (including phenoxy) is 1. The number of thiazole rings is 1. The summed E-state index contributed by atoms with van der Waals surface area (Å²) >= 11 is 1.45. The van der Waals surface area contributed by atoms with E-state index >= 15 is 0 Å². The second-order valence-electron chi connectivity index (χ2n) is 7.39. The minimum Gasteiger partial charge on any atom is -0.485 e. The van der Waals surface area contributed by atoms with Crippen molar-refractivity contribution in [3.63, 3.8) is 0 Å². The standard InChI is InChI=1S/C23H21F2N3O3S/c1-13-22(19(30)9-15(11-29)21-10-26-14(2)32-21)28-8-4-7-20(23(28)27-13)31-12-16-17(24)5-3-6-18(16)25/h3-8,10,15,29H,9,11-12H2,1-2H3/t15-/m0/s1. The molecule has 1 aromatic carbocycles. The van der Waals surface area contributed by atoms with Gasteiger partial charge in [-0.15, -0.1) is 11.3 Å². The minimum absolute atomic E-state index is 0.0955. The maximum absolute atomic E-state index is 13.9. The average molecular weight is 458 g/mol. The van der Waals surface area contributed by atoms with Crippen LogP contribution in [0.15, 0.2) is 42.7 Å². The number of benzene rings is 1. The van der Waals surface area contributed by atoms with Gasteiger partial charge in [-0.25, -0.2) is 18.7 Å². The summed E-state index contributed by atoms with van der Waals surface area (Å²) in [7, 11) is 0. The smallest absolute Gasteiger partial charge is 0.182 e. The van der Waals surface area contributed by atoms with Crippen molar-refractivity contribution in [2.24, 2.45) is 0 Å². The predicted molar refractivity (Wildman–Crippen MR) is 116 cm³/mol. The van der Waals surface area contributed by atoms with E-state index in [-0.39, 0.29) is 36.9 Å². The third kappa shape index (κ3) is 4.26. The predicted octanol–water partition coefficient (Wildman–Crippen LogP) is 4.61. The zero-order chi connectivity index (χ0) is 22.8. The van der Waals surface area contributed by atoms with Gasteiger partial charge in [0.25, 0.3) is 0 Å². The summed E-state index contributed by atoms with van der Waals surface area (Å²) in [6, 6.07) is 6.93. The molecule has 3 heterocycles. The molecule has 0 aliphatic carbocycles. The third-order valence-corrected chi connectivity index (χ3v) is 6.26. The highest BCUT2D eigenvalue weighted by molar-refractivity contribution is 7.11. The van der Waals surface area contributed by atoms with Gasteiger partial charge in [0.2, 0.25) is 0 Å². The molecule has 1 atom stereocenters. The van der Waals surface area contributed by atoms with Gasteiger partial charge in [-0.3, -0.25) is 9.20 Å². The molecule has 4 aromatic rings. The topological polar surface area (TPSA) is 76.7 Å². The molecule has 1 N–H and O–H groups in total. The van der Waals surface area contributed by atoms with Crippen molar-refractivity contribution in [1.29, 1.82) is 0 Å². The molecule has 0 fully saturated rings. The lowest BCUT2D eigenvalue weighted by Crippen LogP contribution is -2.13. The van der Waals surface area contributed by atoms with Crippen LogP contribution in [0, 0.1) is 25.5 Å². The first-order valence-electron chi connectivity index (χ1n) is 9.98. The van der Waals surface area contributed by atoms with Gasteiger partial charge in [0, 0.05) is 29.6 Å². The van der Waals surface area contributed by atoms with Crippen LogP contribution in [0.25, 0.3) is 5.65 Å². The Balaban J connectivity index is 1.61. The molecule has 0 spiro atoms. The van der Waals surface area contributed by atoms with E-state index < -0.39 is 11.6 Å². The van der Waals surface area contributed by atoms with Crippen molar-refractivity contribution in [3.8, 4) is 5.75 Å². The zero-order valence-corrected chi connectivity index (χ0v) is 18.3. The van der Waals surface area contributed by atoms with E-state index in [2.05, 4.69) is 9.97 Å². The molecular weight excluding hydrogens is 436 g/mol. The van der Waals surface area contributed by atoms with Gasteiger partial charge in [0.05, 0.1) is 22.9 Å². The van der Waals surface area contributed by atoms with E-state index in [0.29, 0.717) is 22.8 Å². The maximum Gasteiger partial charge on any atom is 0.182 e. The minimum atomic E-state index is -0.694. The number of aliphatic hydroxyl groups is 1. The number of rotatable bonds is 8. The van der Waals surface area contributed by atoms with Crippen molar-refractivity contribution < 1.29 is 23.4 Å². The highest BCUT2D eigenvalue weighted by Gasteiger charge is 2.24. The van der Waals surface area contributed by atoms with Crippen LogP contribution >= 0.6 is 11.3 Å². The SMILES string of the molecule is Cc1ncc([C@H](CO)CC(=O)c2c(C)nc3c(OCc4c(F)cccc4F)cccn23)s1. The largest absolute Gasteiger partial charge is 0.485 e. The molecule has 4 rings (SSSR count). The Labute approximate surface area is 187 Å². The summed E-state index contributed by atoms with van der Waals surface area (Å²) in [6.45, 7) is 3.09. The lowest BCUT2D eigenvalue weighted by molar-refractivity contribution is 0.0954. The molecule has 0 radical (unpaired) electrons. The van der Waals surface area contributed by atoms with E-state index in [1.807, 2.05) is 6.92 Å². The number of aromatic nitrogens is 3. The number of halogens is 2. The zero-order valence-electron chi connectivity index (χ0n) is 17.5. The Morgan fingerprint density at radius 2 is 1.97 bits per heavy atom. The Kier molecular flexibility index (Phi) is 6.29. The fraction of sp³-hybridized carbons (Fsp3) is 0.261. The normalized spacial score (nSPS) is 12.3. The van der Waals surface area contributed by atoms with Gasteiger partial charge in [-0.05, 0) is 38.1 Å². The number of Topliss-reactive ketones (excluding diaryl/α,β-unsaturated/α-hetero) is 1. The number of fused-ring (bicyclic) bond motifs is 1. The number of nitrogens with zero attached hydrogens (tertiary/aromatic N) is 3. The van der Waals surface area contributed by atoms with E-state index in [4.69, 9.17) is 4.74 Å². The number of carbonyl (C=O) groups is 1. The molecule has 0 unspecified atom stereocenters. The quantitative estimate of drug-likeness (QED) is 0.391. The van der Waals surface area contributed by atoms with Crippen molar-refractivity contribution in [2.45, 2.75) is 32.8 Å². The van der Waals surface area contributed by atoms with Crippen molar-refractivity contribution >= 4 is 22.8 Å². The highest BCUT2D eigenvalue weighted by atomic mass is 32.1. The third-order valence-electron chi connectivity index (χ3n) is 5.18. The molecule has 0 saturated heterocycles. The van der Waals surface area contributed by atoms with Gasteiger partial charge in [0.1, 0.15) is 23.9 Å². The average Bonchev–Trinajstić information content (AvgIpc) is 3.34. The summed E-state index contributed by atoms with van der Waals surface area (Å²) in [4.78, 5) is 22.6. The summed E-state index contributed by atoms with van der Waals surface area (Å²) in [5.74, 6) is -1.63. The van der Waals surface area contributed by atoms with Crippen LogP contribution in [-0.4, -0.2) is 31.9 Å². The molecule has 9 heteroatoms. The maximum atomic E-state index is 13.9. The van der Waals surface area contributed by atoms with E-state index in [9.17, 15) is 18.7 Å². The number of aliphatic hydroxyl groups excluding tert-OH is 1. The number of aryl methyl sites for hydroxylation is 2. The first-order chi connectivity index (χ1) is 15.4. The highest BCUT2D eigenvalue weighted by Crippen LogP contribution is 2.29. The summed E-state index contributed by atoms with van der Waals surface area (Å²) in [5.41, 5.74) is 1.07. The molecule has 0 amide bonds. The number of ketones is 1.